The van der Waals surface area contributed by atoms with Crippen LogP contribution in [0.1, 0.15) is 43.7 Å². The van der Waals surface area contributed by atoms with Gasteiger partial charge < -0.3 is 10.2 Å². The van der Waals surface area contributed by atoms with E-state index in [0.717, 1.165) is 19.0 Å². The van der Waals surface area contributed by atoms with Crippen molar-refractivity contribution in [2.75, 3.05) is 32.7 Å². The van der Waals surface area contributed by atoms with Crippen LogP contribution in [0.3, 0.4) is 0 Å². The van der Waals surface area contributed by atoms with E-state index in [0.29, 0.717) is 0 Å². The van der Waals surface area contributed by atoms with Gasteiger partial charge in [0.05, 0.1) is 0 Å². The van der Waals surface area contributed by atoms with Gasteiger partial charge in [-0.3, -0.25) is 0 Å². The zero-order chi connectivity index (χ0) is 13.5. The lowest BCUT2D eigenvalue weighted by Crippen LogP contribution is -2.44. The maximum absolute atomic E-state index is 3.40. The summed E-state index contributed by atoms with van der Waals surface area (Å²) in [5.74, 6) is 0.738. The second kappa shape index (κ2) is 7.66. The Balaban J connectivity index is 1.84. The van der Waals surface area contributed by atoms with E-state index in [1.54, 1.807) is 0 Å². The first-order chi connectivity index (χ1) is 9.33. The van der Waals surface area contributed by atoms with Crippen LogP contribution >= 0.6 is 0 Å². The van der Waals surface area contributed by atoms with Crippen molar-refractivity contribution >= 4 is 0 Å². The molecule has 1 saturated heterocycles. The Morgan fingerprint density at radius 2 is 1.68 bits per heavy atom. The van der Waals surface area contributed by atoms with Crippen LogP contribution in [0.5, 0.6) is 0 Å². The Kier molecular flexibility index (Phi) is 5.87. The number of nitrogens with zero attached hydrogens (tertiary/aromatic N) is 1. The zero-order valence-corrected chi connectivity index (χ0v) is 12.5. The van der Waals surface area contributed by atoms with E-state index in [1.807, 2.05) is 0 Å². The lowest BCUT2D eigenvalue weighted by atomic mass is 9.93. The summed E-state index contributed by atoms with van der Waals surface area (Å²) in [6, 6.07) is 9.33. The van der Waals surface area contributed by atoms with E-state index in [2.05, 4.69) is 48.3 Å². The molecule has 19 heavy (non-hydrogen) atoms. The molecule has 106 valence electrons. The van der Waals surface area contributed by atoms with Gasteiger partial charge in [-0.15, -0.1) is 0 Å². The molecule has 1 aliphatic heterocycles. The largest absolute Gasteiger partial charge is 0.314 e. The summed E-state index contributed by atoms with van der Waals surface area (Å²) < 4.78 is 0. The van der Waals surface area contributed by atoms with Crippen LogP contribution < -0.4 is 5.32 Å². The maximum Gasteiger partial charge on any atom is 0.0108 e. The fraction of sp³-hybridized carbons (Fsp3) is 0.647. The molecular weight excluding hydrogens is 232 g/mol. The standard InChI is InChI=1S/C17H28N2/c1-3-16(4-2)17-7-5-15(6-8-17)9-12-19-13-10-18-11-14-19/h5-8,16,18H,3-4,9-14H2,1-2H3. The summed E-state index contributed by atoms with van der Waals surface area (Å²) in [5.41, 5.74) is 2.99. The summed E-state index contributed by atoms with van der Waals surface area (Å²) in [4.78, 5) is 2.56. The van der Waals surface area contributed by atoms with Gasteiger partial charge in [-0.05, 0) is 36.3 Å². The van der Waals surface area contributed by atoms with Gasteiger partial charge in [0, 0.05) is 32.7 Å². The second-order valence-electron chi connectivity index (χ2n) is 5.60. The van der Waals surface area contributed by atoms with Crippen LogP contribution in [0, 0.1) is 0 Å². The smallest absolute Gasteiger partial charge is 0.0108 e. The molecule has 0 atom stereocenters. The van der Waals surface area contributed by atoms with Crippen molar-refractivity contribution in [3.05, 3.63) is 35.4 Å². The van der Waals surface area contributed by atoms with Crippen molar-refractivity contribution in [1.29, 1.82) is 0 Å². The zero-order valence-electron chi connectivity index (χ0n) is 12.5. The highest BCUT2D eigenvalue weighted by Gasteiger charge is 2.09. The van der Waals surface area contributed by atoms with Gasteiger partial charge in [0.25, 0.3) is 0 Å². The van der Waals surface area contributed by atoms with E-state index in [1.165, 1.54) is 50.0 Å². The number of benzene rings is 1. The van der Waals surface area contributed by atoms with Gasteiger partial charge in [-0.25, -0.2) is 0 Å². The average molecular weight is 260 g/mol. The summed E-state index contributed by atoms with van der Waals surface area (Å²) in [6.45, 7) is 10.5. The summed E-state index contributed by atoms with van der Waals surface area (Å²) in [6.07, 6.45) is 3.68. The van der Waals surface area contributed by atoms with Gasteiger partial charge in [-0.1, -0.05) is 38.1 Å². The molecule has 0 saturated carbocycles. The van der Waals surface area contributed by atoms with E-state index in [9.17, 15) is 0 Å². The molecule has 1 heterocycles. The average Bonchev–Trinajstić information content (AvgIpc) is 2.49. The lowest BCUT2D eigenvalue weighted by molar-refractivity contribution is 0.244. The number of rotatable bonds is 6. The first-order valence-electron chi connectivity index (χ1n) is 7.85. The quantitative estimate of drug-likeness (QED) is 0.846. The third kappa shape index (κ3) is 4.32. The second-order valence-corrected chi connectivity index (χ2v) is 5.60. The minimum atomic E-state index is 0.738. The van der Waals surface area contributed by atoms with Gasteiger partial charge in [0.15, 0.2) is 0 Å². The van der Waals surface area contributed by atoms with Crippen molar-refractivity contribution < 1.29 is 0 Å². The Morgan fingerprint density at radius 3 is 2.26 bits per heavy atom. The van der Waals surface area contributed by atoms with Crippen LogP contribution in [0.2, 0.25) is 0 Å². The SMILES string of the molecule is CCC(CC)c1ccc(CCN2CCNCC2)cc1. The van der Waals surface area contributed by atoms with Crippen molar-refractivity contribution in [1.82, 2.24) is 10.2 Å². The Morgan fingerprint density at radius 1 is 1.05 bits per heavy atom. The van der Waals surface area contributed by atoms with E-state index < -0.39 is 0 Å². The predicted molar refractivity (Wildman–Crippen MR) is 82.8 cm³/mol. The number of nitrogens with one attached hydrogen (secondary N) is 1. The fourth-order valence-electron chi connectivity index (χ4n) is 2.94. The van der Waals surface area contributed by atoms with Crippen LogP contribution in [0.4, 0.5) is 0 Å². The molecule has 2 rings (SSSR count). The normalized spacial score (nSPS) is 17.0. The highest BCUT2D eigenvalue weighted by atomic mass is 15.2. The third-order valence-electron chi connectivity index (χ3n) is 4.36. The van der Waals surface area contributed by atoms with Gasteiger partial charge in [0.1, 0.15) is 0 Å². The Labute approximate surface area is 118 Å². The van der Waals surface area contributed by atoms with Crippen LogP contribution in [0.25, 0.3) is 0 Å². The van der Waals surface area contributed by atoms with Crippen molar-refractivity contribution in [2.24, 2.45) is 0 Å². The molecule has 0 bridgehead atoms. The Bertz CT molecular complexity index is 348. The molecular formula is C17H28N2. The first-order valence-corrected chi connectivity index (χ1v) is 7.85. The van der Waals surface area contributed by atoms with Gasteiger partial charge in [0.2, 0.25) is 0 Å². The Hall–Kier alpha value is -0.860. The van der Waals surface area contributed by atoms with Crippen LogP contribution in [0.15, 0.2) is 24.3 Å². The molecule has 2 heteroatoms. The minimum Gasteiger partial charge on any atom is -0.314 e. The fourth-order valence-corrected chi connectivity index (χ4v) is 2.94. The van der Waals surface area contributed by atoms with Crippen molar-refractivity contribution in [3.8, 4) is 0 Å². The molecule has 1 aromatic rings. The molecule has 0 unspecified atom stereocenters. The van der Waals surface area contributed by atoms with Crippen molar-refractivity contribution in [3.63, 3.8) is 0 Å². The number of piperazine rings is 1. The molecule has 0 aromatic heterocycles. The lowest BCUT2D eigenvalue weighted by Gasteiger charge is -2.27. The van der Waals surface area contributed by atoms with Gasteiger partial charge >= 0.3 is 0 Å². The first kappa shape index (κ1) is 14.5. The van der Waals surface area contributed by atoms with E-state index in [-0.39, 0.29) is 0 Å². The third-order valence-corrected chi connectivity index (χ3v) is 4.36. The highest BCUT2D eigenvalue weighted by Crippen LogP contribution is 2.23. The van der Waals surface area contributed by atoms with Gasteiger partial charge in [-0.2, -0.15) is 0 Å². The van der Waals surface area contributed by atoms with E-state index in [4.69, 9.17) is 0 Å². The monoisotopic (exact) mass is 260 g/mol. The molecule has 1 N–H and O–H groups in total. The number of hydrogen-bond donors (Lipinski definition) is 1. The molecule has 1 aliphatic rings. The van der Waals surface area contributed by atoms with E-state index >= 15 is 0 Å². The molecule has 0 aliphatic carbocycles. The molecule has 0 amide bonds. The molecule has 1 aromatic carbocycles. The molecule has 0 spiro atoms. The van der Waals surface area contributed by atoms with Crippen LogP contribution in [-0.2, 0) is 6.42 Å². The summed E-state index contributed by atoms with van der Waals surface area (Å²) >= 11 is 0. The summed E-state index contributed by atoms with van der Waals surface area (Å²) in [5, 5.41) is 3.40. The summed E-state index contributed by atoms with van der Waals surface area (Å²) in [7, 11) is 0. The number of hydrogen-bond acceptors (Lipinski definition) is 2. The topological polar surface area (TPSA) is 15.3 Å². The van der Waals surface area contributed by atoms with Crippen LogP contribution in [-0.4, -0.2) is 37.6 Å². The maximum atomic E-state index is 3.40. The predicted octanol–water partition coefficient (Wildman–Crippen LogP) is 3.04. The molecule has 1 fully saturated rings. The molecule has 0 radical (unpaired) electrons. The molecule has 2 nitrogen and oxygen atoms in total. The van der Waals surface area contributed by atoms with Crippen molar-refractivity contribution in [2.45, 2.75) is 39.0 Å². The minimum absolute atomic E-state index is 0.738. The highest BCUT2D eigenvalue weighted by molar-refractivity contribution is 5.25.